The van der Waals surface area contributed by atoms with Gasteiger partial charge < -0.3 is 15.4 Å². The van der Waals surface area contributed by atoms with Crippen molar-refractivity contribution in [3.8, 4) is 0 Å². The van der Waals surface area contributed by atoms with Crippen LogP contribution >= 0.6 is 11.6 Å². The summed E-state index contributed by atoms with van der Waals surface area (Å²) in [6.45, 7) is 0.193. The van der Waals surface area contributed by atoms with Gasteiger partial charge in [-0.15, -0.1) is 0 Å². The Hall–Kier alpha value is -1.75. The first-order chi connectivity index (χ1) is 8.13. The Morgan fingerprint density at radius 3 is 2.65 bits per heavy atom. The Labute approximate surface area is 104 Å². The Kier molecular flexibility index (Phi) is 5.29. The van der Waals surface area contributed by atoms with Crippen molar-refractivity contribution in [3.63, 3.8) is 0 Å². The maximum absolute atomic E-state index is 11.3. The first-order valence-corrected chi connectivity index (χ1v) is 5.33. The van der Waals surface area contributed by atoms with E-state index in [0.717, 1.165) is 5.56 Å². The maximum Gasteiger partial charge on any atom is 0.407 e. The number of carbonyl (C=O) groups is 2. The van der Waals surface area contributed by atoms with E-state index in [1.165, 1.54) is 7.11 Å². The summed E-state index contributed by atoms with van der Waals surface area (Å²) < 4.78 is 4.33. The second kappa shape index (κ2) is 6.75. The van der Waals surface area contributed by atoms with E-state index in [1.807, 2.05) is 18.2 Å². The predicted octanol–water partition coefficient (Wildman–Crippen LogP) is 1.31. The average Bonchev–Trinajstić information content (AvgIpc) is 2.35. The number of benzene rings is 1. The summed E-state index contributed by atoms with van der Waals surface area (Å²) in [5, 5.41) is 5.49. The Morgan fingerprint density at radius 2 is 2.00 bits per heavy atom. The molecule has 2 N–H and O–H groups in total. The third kappa shape index (κ3) is 4.74. The summed E-state index contributed by atoms with van der Waals surface area (Å²) >= 11 is 5.92. The van der Waals surface area contributed by atoms with Crippen LogP contribution in [0.5, 0.6) is 0 Å². The van der Waals surface area contributed by atoms with Crippen molar-refractivity contribution in [2.24, 2.45) is 0 Å². The van der Waals surface area contributed by atoms with Gasteiger partial charge in [-0.2, -0.15) is 0 Å². The second-order valence-corrected chi connectivity index (χ2v) is 3.62. The number of hydrogen-bond donors (Lipinski definition) is 2. The van der Waals surface area contributed by atoms with Crippen LogP contribution in [0.25, 0.3) is 0 Å². The van der Waals surface area contributed by atoms with E-state index in [9.17, 15) is 9.59 Å². The van der Waals surface area contributed by atoms with Gasteiger partial charge in [0.2, 0.25) is 5.91 Å². The number of nitrogens with one attached hydrogen (secondary N) is 2. The molecule has 17 heavy (non-hydrogen) atoms. The molecule has 0 bridgehead atoms. The molecule has 0 aromatic heterocycles. The van der Waals surface area contributed by atoms with E-state index in [2.05, 4.69) is 15.4 Å². The maximum atomic E-state index is 11.3. The highest BCUT2D eigenvalue weighted by Gasteiger charge is 2.05. The van der Waals surface area contributed by atoms with Crippen LogP contribution in [0.4, 0.5) is 4.79 Å². The summed E-state index contributed by atoms with van der Waals surface area (Å²) in [5.41, 5.74) is 0.820. The molecule has 0 aliphatic heterocycles. The van der Waals surface area contributed by atoms with Crippen LogP contribution in [-0.4, -0.2) is 25.7 Å². The third-order valence-electron chi connectivity index (χ3n) is 2.01. The van der Waals surface area contributed by atoms with Gasteiger partial charge in [-0.3, -0.25) is 4.79 Å². The standard InChI is InChI=1S/C11H13ClN2O3/c1-17-11(16)14-7-10(15)13-6-8-4-2-3-5-9(8)12/h2-5H,6-7H2,1H3,(H,13,15)(H,14,16). The molecule has 0 fully saturated rings. The second-order valence-electron chi connectivity index (χ2n) is 3.21. The average molecular weight is 257 g/mol. The molecule has 5 nitrogen and oxygen atoms in total. The minimum atomic E-state index is -0.641. The van der Waals surface area contributed by atoms with Gasteiger partial charge in [0.05, 0.1) is 7.11 Å². The van der Waals surface area contributed by atoms with Crippen molar-refractivity contribution in [2.45, 2.75) is 6.54 Å². The summed E-state index contributed by atoms with van der Waals surface area (Å²) in [5.74, 6) is -0.310. The largest absolute Gasteiger partial charge is 0.453 e. The fraction of sp³-hybridized carbons (Fsp3) is 0.273. The minimum absolute atomic E-state index is 0.128. The van der Waals surface area contributed by atoms with Crippen LogP contribution in [0, 0.1) is 0 Å². The van der Waals surface area contributed by atoms with Gasteiger partial charge in [0.1, 0.15) is 6.54 Å². The highest BCUT2D eigenvalue weighted by molar-refractivity contribution is 6.31. The molecule has 0 spiro atoms. The molecule has 92 valence electrons. The van der Waals surface area contributed by atoms with Crippen molar-refractivity contribution < 1.29 is 14.3 Å². The zero-order chi connectivity index (χ0) is 12.7. The van der Waals surface area contributed by atoms with Crippen molar-refractivity contribution in [2.75, 3.05) is 13.7 Å². The van der Waals surface area contributed by atoms with Crippen LogP contribution in [0.2, 0.25) is 5.02 Å². The number of rotatable bonds is 4. The Bertz CT molecular complexity index is 409. The topological polar surface area (TPSA) is 67.4 Å². The number of ether oxygens (including phenoxy) is 1. The van der Waals surface area contributed by atoms with E-state index in [4.69, 9.17) is 11.6 Å². The summed E-state index contributed by atoms with van der Waals surface area (Å²) in [7, 11) is 1.23. The fourth-order valence-corrected chi connectivity index (χ4v) is 1.33. The highest BCUT2D eigenvalue weighted by atomic mass is 35.5. The number of carbonyl (C=O) groups excluding carboxylic acids is 2. The molecule has 2 amide bonds. The van der Waals surface area contributed by atoms with Crippen molar-refractivity contribution >= 4 is 23.6 Å². The summed E-state index contributed by atoms with van der Waals surface area (Å²) in [6.07, 6.45) is -0.641. The fourth-order valence-electron chi connectivity index (χ4n) is 1.12. The van der Waals surface area contributed by atoms with Crippen molar-refractivity contribution in [3.05, 3.63) is 34.9 Å². The molecule has 0 radical (unpaired) electrons. The van der Waals surface area contributed by atoms with E-state index >= 15 is 0 Å². The molecular weight excluding hydrogens is 244 g/mol. The van der Waals surface area contributed by atoms with E-state index in [1.54, 1.807) is 6.07 Å². The molecule has 1 aromatic carbocycles. The third-order valence-corrected chi connectivity index (χ3v) is 2.38. The summed E-state index contributed by atoms with van der Waals surface area (Å²) in [6, 6.07) is 7.21. The van der Waals surface area contributed by atoms with Crippen LogP contribution in [-0.2, 0) is 16.1 Å². The zero-order valence-corrected chi connectivity index (χ0v) is 10.1. The van der Waals surface area contributed by atoms with Gasteiger partial charge in [0.15, 0.2) is 0 Å². The zero-order valence-electron chi connectivity index (χ0n) is 9.33. The van der Waals surface area contributed by atoms with E-state index in [0.29, 0.717) is 11.6 Å². The SMILES string of the molecule is COC(=O)NCC(=O)NCc1ccccc1Cl. The number of methoxy groups -OCH3 is 1. The molecule has 0 unspecified atom stereocenters. The van der Waals surface area contributed by atoms with Crippen LogP contribution in [0.15, 0.2) is 24.3 Å². The summed E-state index contributed by atoms with van der Waals surface area (Å²) in [4.78, 5) is 22.0. The van der Waals surface area contributed by atoms with Crippen molar-refractivity contribution in [1.82, 2.24) is 10.6 Å². The highest BCUT2D eigenvalue weighted by Crippen LogP contribution is 2.13. The van der Waals surface area contributed by atoms with E-state index < -0.39 is 6.09 Å². The molecule has 0 saturated carbocycles. The van der Waals surface area contributed by atoms with Gasteiger partial charge in [-0.05, 0) is 11.6 Å². The van der Waals surface area contributed by atoms with Crippen LogP contribution in [0.3, 0.4) is 0 Å². The molecule has 0 aliphatic carbocycles. The monoisotopic (exact) mass is 256 g/mol. The first kappa shape index (κ1) is 13.3. The lowest BCUT2D eigenvalue weighted by Crippen LogP contribution is -2.36. The number of halogens is 1. The molecular formula is C11H13ClN2O3. The predicted molar refractivity (Wildman–Crippen MR) is 63.7 cm³/mol. The molecule has 0 saturated heterocycles. The van der Waals surface area contributed by atoms with Gasteiger partial charge in [-0.25, -0.2) is 4.79 Å². The normalized spacial score (nSPS) is 9.53. The van der Waals surface area contributed by atoms with Crippen LogP contribution in [0.1, 0.15) is 5.56 Å². The number of alkyl carbamates (subject to hydrolysis) is 1. The van der Waals surface area contributed by atoms with Gasteiger partial charge in [0.25, 0.3) is 0 Å². The lowest BCUT2D eigenvalue weighted by atomic mass is 10.2. The van der Waals surface area contributed by atoms with Gasteiger partial charge >= 0.3 is 6.09 Å². The lowest BCUT2D eigenvalue weighted by molar-refractivity contribution is -0.120. The van der Waals surface area contributed by atoms with Crippen LogP contribution < -0.4 is 10.6 Å². The molecule has 0 aliphatic rings. The van der Waals surface area contributed by atoms with Gasteiger partial charge in [-0.1, -0.05) is 29.8 Å². The Morgan fingerprint density at radius 1 is 1.29 bits per heavy atom. The minimum Gasteiger partial charge on any atom is -0.453 e. The number of hydrogen-bond acceptors (Lipinski definition) is 3. The lowest BCUT2D eigenvalue weighted by Gasteiger charge is -2.07. The van der Waals surface area contributed by atoms with Gasteiger partial charge in [0, 0.05) is 11.6 Å². The number of amides is 2. The smallest absolute Gasteiger partial charge is 0.407 e. The molecule has 0 heterocycles. The molecule has 6 heteroatoms. The van der Waals surface area contributed by atoms with E-state index in [-0.39, 0.29) is 12.5 Å². The molecule has 1 rings (SSSR count). The Balaban J connectivity index is 2.34. The quantitative estimate of drug-likeness (QED) is 0.854. The van der Waals surface area contributed by atoms with Crippen molar-refractivity contribution in [1.29, 1.82) is 0 Å². The molecule has 1 aromatic rings. The first-order valence-electron chi connectivity index (χ1n) is 4.95. The molecule has 0 atom stereocenters.